The van der Waals surface area contributed by atoms with Crippen molar-refractivity contribution in [3.63, 3.8) is 0 Å². The Labute approximate surface area is 183 Å². The highest BCUT2D eigenvalue weighted by molar-refractivity contribution is 6.08. The third-order valence-electron chi connectivity index (χ3n) is 7.26. The standard InChI is InChI=1S/C30H27N/c1-29(2,3)19-13-15-27-23(17-19)24-18-20(14-16-28(24)31-27)30(4)25-11-7-5-9-21(25)22-10-6-8-12-26(22)30/h5-18,31H,1-4H3. The smallest absolute Gasteiger partial charge is 0.0465 e. The molecule has 1 heterocycles. The molecule has 0 unspecified atom stereocenters. The number of nitrogens with one attached hydrogen (secondary N) is 1. The third-order valence-corrected chi connectivity index (χ3v) is 7.26. The van der Waals surface area contributed by atoms with Gasteiger partial charge in [0.25, 0.3) is 0 Å². The van der Waals surface area contributed by atoms with Crippen molar-refractivity contribution in [2.75, 3.05) is 0 Å². The number of rotatable bonds is 1. The van der Waals surface area contributed by atoms with Crippen LogP contribution in [0.5, 0.6) is 0 Å². The fraction of sp³-hybridized carbons (Fsp3) is 0.200. The van der Waals surface area contributed by atoms with Gasteiger partial charge in [-0.25, -0.2) is 0 Å². The molecule has 1 aliphatic rings. The highest BCUT2D eigenvalue weighted by atomic mass is 14.7. The molecule has 0 bridgehead atoms. The topological polar surface area (TPSA) is 15.8 Å². The molecule has 1 aromatic heterocycles. The maximum absolute atomic E-state index is 3.63. The van der Waals surface area contributed by atoms with Gasteiger partial charge >= 0.3 is 0 Å². The first-order chi connectivity index (χ1) is 14.9. The van der Waals surface area contributed by atoms with Crippen LogP contribution in [-0.4, -0.2) is 4.98 Å². The molecule has 0 spiro atoms. The molecule has 5 aromatic rings. The van der Waals surface area contributed by atoms with Crippen LogP contribution in [0.3, 0.4) is 0 Å². The minimum Gasteiger partial charge on any atom is -0.355 e. The number of benzene rings is 4. The Bertz CT molecular complexity index is 1430. The van der Waals surface area contributed by atoms with Crippen molar-refractivity contribution in [1.82, 2.24) is 4.98 Å². The summed E-state index contributed by atoms with van der Waals surface area (Å²) >= 11 is 0. The maximum atomic E-state index is 3.63. The van der Waals surface area contributed by atoms with E-state index >= 15 is 0 Å². The molecule has 4 aromatic carbocycles. The Morgan fingerprint density at radius 3 is 1.81 bits per heavy atom. The van der Waals surface area contributed by atoms with Gasteiger partial charge < -0.3 is 4.98 Å². The van der Waals surface area contributed by atoms with E-state index < -0.39 is 0 Å². The predicted octanol–water partition coefficient (Wildman–Crippen LogP) is 7.95. The van der Waals surface area contributed by atoms with Crippen LogP contribution in [0, 0.1) is 0 Å². The largest absolute Gasteiger partial charge is 0.355 e. The number of hydrogen-bond acceptors (Lipinski definition) is 0. The molecule has 1 nitrogen and oxygen atoms in total. The van der Waals surface area contributed by atoms with Crippen molar-refractivity contribution in [3.05, 3.63) is 107 Å². The summed E-state index contributed by atoms with van der Waals surface area (Å²) in [5, 5.41) is 2.62. The van der Waals surface area contributed by atoms with Crippen molar-refractivity contribution in [2.45, 2.75) is 38.5 Å². The Hall–Kier alpha value is -3.32. The molecule has 0 saturated carbocycles. The summed E-state index contributed by atoms with van der Waals surface area (Å²) in [4.78, 5) is 3.63. The van der Waals surface area contributed by atoms with Crippen molar-refractivity contribution in [3.8, 4) is 11.1 Å². The van der Waals surface area contributed by atoms with E-state index in [4.69, 9.17) is 0 Å². The zero-order valence-electron chi connectivity index (χ0n) is 18.6. The SMILES string of the molecule is CC(C)(C)c1ccc2[nH]c3ccc(C4(C)c5ccccc5-c5ccccc54)cc3c2c1. The molecule has 0 saturated heterocycles. The van der Waals surface area contributed by atoms with E-state index in [1.165, 1.54) is 55.2 Å². The molecular formula is C30H27N. The minimum atomic E-state index is -0.160. The summed E-state index contributed by atoms with van der Waals surface area (Å²) in [5.74, 6) is 0. The van der Waals surface area contributed by atoms with E-state index in [0.717, 1.165) is 0 Å². The number of fused-ring (bicyclic) bond motifs is 6. The van der Waals surface area contributed by atoms with Gasteiger partial charge in [-0.05, 0) is 70.0 Å². The fourth-order valence-corrected chi connectivity index (χ4v) is 5.44. The van der Waals surface area contributed by atoms with Gasteiger partial charge in [0.1, 0.15) is 0 Å². The van der Waals surface area contributed by atoms with Gasteiger partial charge in [0.05, 0.1) is 0 Å². The van der Waals surface area contributed by atoms with Gasteiger partial charge in [-0.2, -0.15) is 0 Å². The minimum absolute atomic E-state index is 0.130. The second kappa shape index (κ2) is 6.11. The molecule has 1 heteroatoms. The molecule has 0 fully saturated rings. The first-order valence-electron chi connectivity index (χ1n) is 11.1. The summed E-state index contributed by atoms with van der Waals surface area (Å²) in [5.41, 5.74) is 10.6. The molecule has 0 radical (unpaired) electrons. The molecule has 1 aliphatic carbocycles. The number of aromatic nitrogens is 1. The van der Waals surface area contributed by atoms with E-state index in [-0.39, 0.29) is 10.8 Å². The van der Waals surface area contributed by atoms with Gasteiger partial charge in [-0.1, -0.05) is 81.4 Å². The van der Waals surface area contributed by atoms with Crippen molar-refractivity contribution < 1.29 is 0 Å². The van der Waals surface area contributed by atoms with Gasteiger partial charge in [0.2, 0.25) is 0 Å². The van der Waals surface area contributed by atoms with E-state index in [2.05, 4.69) is 118 Å². The molecule has 0 atom stereocenters. The van der Waals surface area contributed by atoms with Crippen LogP contribution in [0.25, 0.3) is 32.9 Å². The number of aromatic amines is 1. The second-order valence-electron chi connectivity index (χ2n) is 10.1. The molecule has 0 amide bonds. The van der Waals surface area contributed by atoms with Crippen molar-refractivity contribution in [2.24, 2.45) is 0 Å². The van der Waals surface area contributed by atoms with E-state index in [9.17, 15) is 0 Å². The lowest BCUT2D eigenvalue weighted by molar-refractivity contribution is 0.591. The normalized spacial score (nSPS) is 14.7. The Morgan fingerprint density at radius 1 is 0.645 bits per heavy atom. The summed E-state index contributed by atoms with van der Waals surface area (Å²) in [7, 11) is 0. The number of hydrogen-bond donors (Lipinski definition) is 1. The quantitative estimate of drug-likeness (QED) is 0.293. The van der Waals surface area contributed by atoms with Crippen LogP contribution in [0.4, 0.5) is 0 Å². The van der Waals surface area contributed by atoms with Crippen LogP contribution in [0.2, 0.25) is 0 Å². The summed E-state index contributed by atoms with van der Waals surface area (Å²) in [6, 6.07) is 31.6. The molecule has 6 rings (SSSR count). The van der Waals surface area contributed by atoms with Gasteiger partial charge in [-0.15, -0.1) is 0 Å². The van der Waals surface area contributed by atoms with Crippen LogP contribution in [0.1, 0.15) is 49.9 Å². The maximum Gasteiger partial charge on any atom is 0.0465 e. The summed E-state index contributed by atoms with van der Waals surface area (Å²) in [6.07, 6.45) is 0. The van der Waals surface area contributed by atoms with E-state index in [1.54, 1.807) is 0 Å². The Kier molecular flexibility index (Phi) is 3.63. The van der Waals surface area contributed by atoms with Crippen LogP contribution >= 0.6 is 0 Å². The van der Waals surface area contributed by atoms with E-state index in [0.29, 0.717) is 0 Å². The van der Waals surface area contributed by atoms with Gasteiger partial charge in [0.15, 0.2) is 0 Å². The van der Waals surface area contributed by atoms with E-state index in [1.807, 2.05) is 0 Å². The number of H-pyrrole nitrogens is 1. The monoisotopic (exact) mass is 401 g/mol. The first kappa shape index (κ1) is 18.4. The summed E-state index contributed by atoms with van der Waals surface area (Å²) < 4.78 is 0. The average Bonchev–Trinajstić information content (AvgIpc) is 3.27. The zero-order valence-corrected chi connectivity index (χ0v) is 18.6. The molecule has 0 aliphatic heterocycles. The van der Waals surface area contributed by atoms with Crippen molar-refractivity contribution in [1.29, 1.82) is 0 Å². The highest BCUT2D eigenvalue weighted by Gasteiger charge is 2.40. The fourth-order valence-electron chi connectivity index (χ4n) is 5.44. The Morgan fingerprint density at radius 2 is 1.19 bits per heavy atom. The Balaban J connectivity index is 1.64. The van der Waals surface area contributed by atoms with Gasteiger partial charge in [-0.3, -0.25) is 0 Å². The van der Waals surface area contributed by atoms with Crippen molar-refractivity contribution >= 4 is 21.8 Å². The van der Waals surface area contributed by atoms with Crippen LogP contribution in [0.15, 0.2) is 84.9 Å². The lowest BCUT2D eigenvalue weighted by Crippen LogP contribution is -2.22. The molecule has 152 valence electrons. The molecule has 1 N–H and O–H groups in total. The zero-order chi connectivity index (χ0) is 21.4. The third kappa shape index (κ3) is 2.50. The second-order valence-corrected chi connectivity index (χ2v) is 10.1. The predicted molar refractivity (Wildman–Crippen MR) is 132 cm³/mol. The molecular weight excluding hydrogens is 374 g/mol. The van der Waals surface area contributed by atoms with Crippen LogP contribution in [-0.2, 0) is 10.8 Å². The molecule has 31 heavy (non-hydrogen) atoms. The lowest BCUT2D eigenvalue weighted by atomic mass is 9.74. The summed E-state index contributed by atoms with van der Waals surface area (Å²) in [6.45, 7) is 9.22. The van der Waals surface area contributed by atoms with Crippen LogP contribution < -0.4 is 0 Å². The van der Waals surface area contributed by atoms with Gasteiger partial charge in [0, 0.05) is 27.2 Å². The lowest BCUT2D eigenvalue weighted by Gasteiger charge is -2.28. The first-order valence-corrected chi connectivity index (χ1v) is 11.1. The average molecular weight is 402 g/mol. The highest BCUT2D eigenvalue weighted by Crippen LogP contribution is 2.52.